The molecule has 0 radical (unpaired) electrons. The van der Waals surface area contributed by atoms with Crippen LogP contribution in [0.25, 0.3) is 0 Å². The lowest BCUT2D eigenvalue weighted by molar-refractivity contribution is -0.145. The molecule has 0 fully saturated rings. The van der Waals surface area contributed by atoms with Gasteiger partial charge in [-0.25, -0.2) is 0 Å². The summed E-state index contributed by atoms with van der Waals surface area (Å²) < 4.78 is 0. The summed E-state index contributed by atoms with van der Waals surface area (Å²) >= 11 is 0. The van der Waals surface area contributed by atoms with E-state index < -0.39 is 5.41 Å². The van der Waals surface area contributed by atoms with Gasteiger partial charge in [0.05, 0.1) is 24.1 Å². The zero-order chi connectivity index (χ0) is 24.5. The number of hydrogen-bond acceptors (Lipinski definition) is 4. The summed E-state index contributed by atoms with van der Waals surface area (Å²) in [5, 5.41) is 11.4. The predicted octanol–water partition coefficient (Wildman–Crippen LogP) is 5.74. The second-order valence-corrected chi connectivity index (χ2v) is 10.0. The molecule has 0 aliphatic carbocycles. The molecule has 0 aromatic carbocycles. The second kappa shape index (κ2) is 16.9. The lowest BCUT2D eigenvalue weighted by Gasteiger charge is -2.28. The molecule has 0 bridgehead atoms. The third kappa shape index (κ3) is 13.0. The van der Waals surface area contributed by atoms with Crippen molar-refractivity contribution in [3.8, 4) is 0 Å². The first-order valence-corrected chi connectivity index (χ1v) is 13.3. The fourth-order valence-electron chi connectivity index (χ4n) is 3.95. The van der Waals surface area contributed by atoms with Gasteiger partial charge in [0.15, 0.2) is 0 Å². The molecule has 2 atom stereocenters. The summed E-state index contributed by atoms with van der Waals surface area (Å²) in [6.07, 6.45) is 20.0. The zero-order valence-corrected chi connectivity index (χ0v) is 21.7. The van der Waals surface area contributed by atoms with E-state index >= 15 is 0 Å². The molecule has 0 saturated carbocycles. The number of aliphatic hydroxyl groups excluding tert-OH is 1. The van der Waals surface area contributed by atoms with E-state index in [-0.39, 0.29) is 24.0 Å². The fraction of sp³-hybridized carbons (Fsp3) is 0.815. The highest BCUT2D eigenvalue weighted by Crippen LogP contribution is 2.20. The monoisotopic (exact) mass is 463 g/mol. The first kappa shape index (κ1) is 29.3. The molecule has 0 spiro atoms. The number of hydrogen-bond donors (Lipinski definition) is 2. The Morgan fingerprint density at radius 3 is 2.58 bits per heavy atom. The number of aliphatic hydroxyl groups is 1. The van der Waals surface area contributed by atoms with Gasteiger partial charge in [0, 0.05) is 12.6 Å². The van der Waals surface area contributed by atoms with E-state index in [4.69, 9.17) is 0 Å². The molecule has 2 amide bonds. The van der Waals surface area contributed by atoms with Gasteiger partial charge in [-0.05, 0) is 52.4 Å². The molecule has 1 heterocycles. The number of unbranched alkanes of at least 4 members (excludes halogenated alkanes) is 8. The summed E-state index contributed by atoms with van der Waals surface area (Å²) in [6, 6.07) is 0.0270. The number of carbonyl (C=O) groups excluding carboxylic acids is 2. The normalized spacial score (nSPS) is 19.1. The van der Waals surface area contributed by atoms with Crippen LogP contribution in [0.1, 0.15) is 118 Å². The molecule has 0 aromatic heterocycles. The minimum absolute atomic E-state index is 0.0270. The number of carbonyl (C=O) groups is 2. The van der Waals surface area contributed by atoms with Crippen LogP contribution in [0.2, 0.25) is 0 Å². The molecule has 1 rings (SSSR count). The highest BCUT2D eigenvalue weighted by molar-refractivity contribution is 5.98. The van der Waals surface area contributed by atoms with Crippen LogP contribution in [-0.4, -0.2) is 46.8 Å². The number of nitrogens with one attached hydrogen (secondary N) is 1. The van der Waals surface area contributed by atoms with Crippen LogP contribution in [0.5, 0.6) is 0 Å². The standard InChI is InChI=1S/C27H49N3O3/c1-5-7-8-15-18-24(31)19-16-13-11-9-10-12-14-17-20-25(32)29-30-21-23(6-2)28-22-27(3,4)26(30)33/h13,16,22-24,31H,5-12,14-15,17-21H2,1-4H3,(H,29,32)/t23?,24-/m1/s1. The Morgan fingerprint density at radius 2 is 1.85 bits per heavy atom. The number of hydrazine groups is 1. The highest BCUT2D eigenvalue weighted by atomic mass is 16.3. The maximum Gasteiger partial charge on any atom is 0.252 e. The Hall–Kier alpha value is -1.69. The largest absolute Gasteiger partial charge is 0.393 e. The van der Waals surface area contributed by atoms with Crippen LogP contribution < -0.4 is 5.43 Å². The molecule has 190 valence electrons. The van der Waals surface area contributed by atoms with Crippen molar-refractivity contribution in [2.24, 2.45) is 10.4 Å². The fourth-order valence-corrected chi connectivity index (χ4v) is 3.95. The number of rotatable bonds is 17. The van der Waals surface area contributed by atoms with Crippen LogP contribution in [-0.2, 0) is 9.59 Å². The van der Waals surface area contributed by atoms with Gasteiger partial charge in [0.25, 0.3) is 5.91 Å². The molecule has 33 heavy (non-hydrogen) atoms. The SMILES string of the molecule is CCCCCC[C@@H](O)CC=CCCCCCCCC(=O)NN1CC(CC)N=CC(C)(C)C1=O. The van der Waals surface area contributed by atoms with Gasteiger partial charge in [0.2, 0.25) is 5.91 Å². The predicted molar refractivity (Wildman–Crippen MR) is 137 cm³/mol. The summed E-state index contributed by atoms with van der Waals surface area (Å²) in [7, 11) is 0. The van der Waals surface area contributed by atoms with Crippen LogP contribution in [0.15, 0.2) is 17.1 Å². The van der Waals surface area contributed by atoms with Crippen LogP contribution in [0, 0.1) is 5.41 Å². The first-order valence-electron chi connectivity index (χ1n) is 13.3. The van der Waals surface area contributed by atoms with Gasteiger partial charge in [0.1, 0.15) is 0 Å². The quantitative estimate of drug-likeness (QED) is 0.213. The van der Waals surface area contributed by atoms with Crippen molar-refractivity contribution < 1.29 is 14.7 Å². The number of nitrogens with zero attached hydrogens (tertiary/aromatic N) is 2. The lowest BCUT2D eigenvalue weighted by Crippen LogP contribution is -2.52. The Labute approximate surface area is 202 Å². The Kier molecular flexibility index (Phi) is 15.0. The van der Waals surface area contributed by atoms with Gasteiger partial charge in [-0.3, -0.25) is 25.0 Å². The molecular weight excluding hydrogens is 414 g/mol. The average molecular weight is 464 g/mol. The summed E-state index contributed by atoms with van der Waals surface area (Å²) in [5.74, 6) is -0.195. The lowest BCUT2D eigenvalue weighted by atomic mass is 9.94. The molecule has 0 aromatic rings. The van der Waals surface area contributed by atoms with E-state index in [1.165, 1.54) is 24.3 Å². The van der Waals surface area contributed by atoms with E-state index in [0.717, 1.165) is 64.2 Å². The van der Waals surface area contributed by atoms with E-state index in [1.807, 2.05) is 20.8 Å². The third-order valence-corrected chi connectivity index (χ3v) is 6.27. The van der Waals surface area contributed by atoms with Crippen LogP contribution >= 0.6 is 0 Å². The Morgan fingerprint density at radius 1 is 1.15 bits per heavy atom. The van der Waals surface area contributed by atoms with Crippen molar-refractivity contribution in [2.45, 2.75) is 130 Å². The van der Waals surface area contributed by atoms with Crippen molar-refractivity contribution in [1.29, 1.82) is 0 Å². The van der Waals surface area contributed by atoms with E-state index in [1.54, 1.807) is 6.21 Å². The minimum Gasteiger partial charge on any atom is -0.393 e. The Balaban J connectivity index is 2.10. The molecule has 1 unspecified atom stereocenters. The first-order chi connectivity index (χ1) is 15.8. The number of amides is 2. The minimum atomic E-state index is -0.696. The number of aliphatic imine (C=N–C) groups is 1. The molecule has 6 nitrogen and oxygen atoms in total. The topological polar surface area (TPSA) is 82.0 Å². The summed E-state index contributed by atoms with van der Waals surface area (Å²) in [6.45, 7) is 8.35. The third-order valence-electron chi connectivity index (χ3n) is 6.27. The highest BCUT2D eigenvalue weighted by Gasteiger charge is 2.35. The van der Waals surface area contributed by atoms with Gasteiger partial charge in [-0.1, -0.05) is 70.9 Å². The zero-order valence-electron chi connectivity index (χ0n) is 21.7. The second-order valence-electron chi connectivity index (χ2n) is 10.0. The van der Waals surface area contributed by atoms with Crippen LogP contribution in [0.3, 0.4) is 0 Å². The molecule has 6 heteroatoms. The van der Waals surface area contributed by atoms with Gasteiger partial charge in [-0.2, -0.15) is 0 Å². The van der Waals surface area contributed by atoms with Crippen molar-refractivity contribution in [1.82, 2.24) is 10.4 Å². The Bertz CT molecular complexity index is 616. The van der Waals surface area contributed by atoms with E-state index in [9.17, 15) is 14.7 Å². The maximum absolute atomic E-state index is 12.7. The van der Waals surface area contributed by atoms with Gasteiger partial charge >= 0.3 is 0 Å². The van der Waals surface area contributed by atoms with Gasteiger partial charge < -0.3 is 5.11 Å². The van der Waals surface area contributed by atoms with Gasteiger partial charge in [-0.15, -0.1) is 0 Å². The molecular formula is C27H49N3O3. The molecule has 1 aliphatic rings. The van der Waals surface area contributed by atoms with Crippen LogP contribution in [0.4, 0.5) is 0 Å². The average Bonchev–Trinajstić information content (AvgIpc) is 2.89. The molecule has 1 aliphatic heterocycles. The maximum atomic E-state index is 12.7. The molecule has 2 N–H and O–H groups in total. The molecule has 0 saturated heterocycles. The van der Waals surface area contributed by atoms with Crippen molar-refractivity contribution >= 4 is 18.0 Å². The van der Waals surface area contributed by atoms with Crippen molar-refractivity contribution in [2.75, 3.05) is 6.54 Å². The van der Waals surface area contributed by atoms with Crippen molar-refractivity contribution in [3.63, 3.8) is 0 Å². The number of allylic oxidation sites excluding steroid dienone is 1. The van der Waals surface area contributed by atoms with E-state index in [0.29, 0.717) is 13.0 Å². The summed E-state index contributed by atoms with van der Waals surface area (Å²) in [5.41, 5.74) is 2.12. The smallest absolute Gasteiger partial charge is 0.252 e. The van der Waals surface area contributed by atoms with Crippen molar-refractivity contribution in [3.05, 3.63) is 12.2 Å². The summed E-state index contributed by atoms with van der Waals surface area (Å²) in [4.78, 5) is 29.6. The van der Waals surface area contributed by atoms with E-state index in [2.05, 4.69) is 29.5 Å².